The van der Waals surface area contributed by atoms with E-state index in [1.54, 1.807) is 11.0 Å². The first kappa shape index (κ1) is 13.4. The van der Waals surface area contributed by atoms with Gasteiger partial charge in [0.2, 0.25) is 11.8 Å². The third-order valence-corrected chi connectivity index (χ3v) is 4.14. The molecule has 2 amide bonds. The van der Waals surface area contributed by atoms with Crippen molar-refractivity contribution in [1.29, 1.82) is 0 Å². The Hall–Kier alpha value is -1.62. The van der Waals surface area contributed by atoms with E-state index in [2.05, 4.69) is 0 Å². The molecule has 2 aliphatic heterocycles. The number of benzene rings is 1. The minimum atomic E-state index is -0.488. The van der Waals surface area contributed by atoms with Crippen molar-refractivity contribution < 1.29 is 14.0 Å². The number of carbonyl (C=O) groups excluding carboxylic acids is 2. The maximum Gasteiger partial charge on any atom is 0.246 e. The number of halogens is 2. The van der Waals surface area contributed by atoms with Crippen LogP contribution < -0.4 is 0 Å². The van der Waals surface area contributed by atoms with Gasteiger partial charge in [0.05, 0.1) is 5.02 Å². The summed E-state index contributed by atoms with van der Waals surface area (Å²) in [5.41, 5.74) is 0.726. The molecular weight excluding hydrogens is 283 g/mol. The van der Waals surface area contributed by atoms with Crippen molar-refractivity contribution in [3.63, 3.8) is 0 Å². The highest BCUT2D eigenvalue weighted by Crippen LogP contribution is 2.25. The summed E-state index contributed by atoms with van der Waals surface area (Å²) in [4.78, 5) is 27.5. The lowest BCUT2D eigenvalue weighted by Gasteiger charge is -2.36. The van der Waals surface area contributed by atoms with Gasteiger partial charge >= 0.3 is 0 Å². The average Bonchev–Trinajstić information content (AvgIpc) is 2.90. The third-order valence-electron chi connectivity index (χ3n) is 3.85. The van der Waals surface area contributed by atoms with E-state index in [4.69, 9.17) is 11.6 Å². The van der Waals surface area contributed by atoms with Gasteiger partial charge < -0.3 is 9.80 Å². The van der Waals surface area contributed by atoms with Crippen molar-refractivity contribution in [2.75, 3.05) is 13.1 Å². The lowest BCUT2D eigenvalue weighted by Crippen LogP contribution is -2.56. The normalized spacial score (nSPS) is 22.4. The van der Waals surface area contributed by atoms with E-state index in [1.807, 2.05) is 0 Å². The molecular formula is C14H14ClFN2O2. The first-order valence-corrected chi connectivity index (χ1v) is 6.96. The van der Waals surface area contributed by atoms with Gasteiger partial charge in [0.1, 0.15) is 18.4 Å². The van der Waals surface area contributed by atoms with E-state index in [0.717, 1.165) is 18.4 Å². The fourth-order valence-electron chi connectivity index (χ4n) is 2.86. The molecule has 3 rings (SSSR count). The van der Waals surface area contributed by atoms with Crippen molar-refractivity contribution >= 4 is 23.4 Å². The van der Waals surface area contributed by atoms with Gasteiger partial charge in [-0.15, -0.1) is 0 Å². The molecule has 2 heterocycles. The quantitative estimate of drug-likeness (QED) is 0.835. The zero-order valence-electron chi connectivity index (χ0n) is 10.8. The highest BCUT2D eigenvalue weighted by molar-refractivity contribution is 6.30. The van der Waals surface area contributed by atoms with E-state index >= 15 is 0 Å². The first-order valence-electron chi connectivity index (χ1n) is 6.58. The number of hydrogen-bond donors (Lipinski definition) is 0. The van der Waals surface area contributed by atoms with Crippen LogP contribution in [-0.2, 0) is 16.1 Å². The summed E-state index contributed by atoms with van der Waals surface area (Å²) in [5, 5.41) is 0.0285. The molecule has 1 atom stereocenters. The molecule has 0 radical (unpaired) electrons. The number of amides is 2. The number of fused-ring (bicyclic) bond motifs is 1. The molecule has 1 aromatic carbocycles. The predicted octanol–water partition coefficient (Wildman–Crippen LogP) is 1.81. The Bertz CT molecular complexity index is 578. The van der Waals surface area contributed by atoms with Gasteiger partial charge in [0.15, 0.2) is 0 Å². The van der Waals surface area contributed by atoms with Gasteiger partial charge in [-0.25, -0.2) is 4.39 Å². The second kappa shape index (κ2) is 5.05. The molecule has 1 aromatic rings. The summed E-state index contributed by atoms with van der Waals surface area (Å²) in [7, 11) is 0. The van der Waals surface area contributed by atoms with Gasteiger partial charge in [-0.1, -0.05) is 17.7 Å². The molecule has 4 nitrogen and oxygen atoms in total. The van der Waals surface area contributed by atoms with Gasteiger partial charge in [-0.2, -0.15) is 0 Å². The summed E-state index contributed by atoms with van der Waals surface area (Å²) in [6.45, 7) is 1.05. The first-order chi connectivity index (χ1) is 9.56. The molecule has 106 valence electrons. The van der Waals surface area contributed by atoms with Gasteiger partial charge in [0, 0.05) is 13.1 Å². The van der Waals surface area contributed by atoms with Crippen LogP contribution in [0.3, 0.4) is 0 Å². The Balaban J connectivity index is 1.78. The van der Waals surface area contributed by atoms with Crippen molar-refractivity contribution in [3.05, 3.63) is 34.6 Å². The van der Waals surface area contributed by atoms with E-state index in [-0.39, 0.29) is 36.0 Å². The van der Waals surface area contributed by atoms with Crippen molar-refractivity contribution in [1.82, 2.24) is 9.80 Å². The van der Waals surface area contributed by atoms with Gasteiger partial charge in [-0.3, -0.25) is 9.59 Å². The number of hydrogen-bond acceptors (Lipinski definition) is 2. The number of carbonyl (C=O) groups is 2. The summed E-state index contributed by atoms with van der Waals surface area (Å²) >= 11 is 5.73. The summed E-state index contributed by atoms with van der Waals surface area (Å²) < 4.78 is 13.1. The molecule has 0 N–H and O–H groups in total. The summed E-state index contributed by atoms with van der Waals surface area (Å²) in [6, 6.07) is 4.04. The molecule has 0 saturated carbocycles. The minimum Gasteiger partial charge on any atom is -0.329 e. The lowest BCUT2D eigenvalue weighted by atomic mass is 10.1. The monoisotopic (exact) mass is 296 g/mol. The molecule has 6 heteroatoms. The molecule has 0 aliphatic carbocycles. The second-order valence-electron chi connectivity index (χ2n) is 5.19. The fourth-order valence-corrected chi connectivity index (χ4v) is 3.06. The van der Waals surface area contributed by atoms with E-state index < -0.39 is 5.82 Å². The second-order valence-corrected chi connectivity index (χ2v) is 5.60. The summed E-state index contributed by atoms with van der Waals surface area (Å²) in [6.07, 6.45) is 1.60. The van der Waals surface area contributed by atoms with Crippen LogP contribution in [0.1, 0.15) is 18.4 Å². The molecule has 20 heavy (non-hydrogen) atoms. The van der Waals surface area contributed by atoms with Crippen LogP contribution in [0.25, 0.3) is 0 Å². The highest BCUT2D eigenvalue weighted by Gasteiger charge is 2.41. The Morgan fingerprint density at radius 3 is 2.90 bits per heavy atom. The zero-order chi connectivity index (χ0) is 14.3. The van der Waals surface area contributed by atoms with Crippen molar-refractivity contribution in [2.45, 2.75) is 25.4 Å². The number of rotatable bonds is 2. The Morgan fingerprint density at radius 2 is 2.15 bits per heavy atom. The Kier molecular flexibility index (Phi) is 3.38. The van der Waals surface area contributed by atoms with Gasteiger partial charge in [-0.05, 0) is 30.5 Å². The smallest absolute Gasteiger partial charge is 0.246 e. The maximum atomic E-state index is 13.1. The zero-order valence-corrected chi connectivity index (χ0v) is 11.6. The SMILES string of the molecule is O=C1C2CCCN2C(=O)CN1Cc1ccc(F)c(Cl)c1. The van der Waals surface area contributed by atoms with Crippen molar-refractivity contribution in [2.24, 2.45) is 0 Å². The molecule has 2 aliphatic rings. The van der Waals surface area contributed by atoms with Crippen molar-refractivity contribution in [3.8, 4) is 0 Å². The van der Waals surface area contributed by atoms with Crippen LogP contribution >= 0.6 is 11.6 Å². The number of nitrogens with zero attached hydrogens (tertiary/aromatic N) is 2. The topological polar surface area (TPSA) is 40.6 Å². The van der Waals surface area contributed by atoms with E-state index in [1.165, 1.54) is 17.0 Å². The lowest BCUT2D eigenvalue weighted by molar-refractivity contribution is -0.154. The summed E-state index contributed by atoms with van der Waals surface area (Å²) in [5.74, 6) is -0.527. The van der Waals surface area contributed by atoms with Crippen LogP contribution in [0.5, 0.6) is 0 Å². The van der Waals surface area contributed by atoms with Gasteiger partial charge in [0.25, 0.3) is 0 Å². The van der Waals surface area contributed by atoms with E-state index in [9.17, 15) is 14.0 Å². The molecule has 0 aromatic heterocycles. The van der Waals surface area contributed by atoms with E-state index in [0.29, 0.717) is 6.54 Å². The van der Waals surface area contributed by atoms with Crippen LogP contribution in [0, 0.1) is 5.82 Å². The Morgan fingerprint density at radius 1 is 1.35 bits per heavy atom. The fraction of sp³-hybridized carbons (Fsp3) is 0.429. The largest absolute Gasteiger partial charge is 0.329 e. The average molecular weight is 297 g/mol. The van der Waals surface area contributed by atoms with Crippen LogP contribution in [0.4, 0.5) is 4.39 Å². The Labute approximate surface area is 121 Å². The van der Waals surface area contributed by atoms with Crippen LogP contribution in [-0.4, -0.2) is 40.7 Å². The molecule has 0 spiro atoms. The minimum absolute atomic E-state index is 0.0136. The number of piperazine rings is 1. The predicted molar refractivity (Wildman–Crippen MR) is 71.6 cm³/mol. The van der Waals surface area contributed by atoms with Crippen LogP contribution in [0.15, 0.2) is 18.2 Å². The molecule has 0 bridgehead atoms. The third kappa shape index (κ3) is 2.26. The molecule has 2 fully saturated rings. The maximum absolute atomic E-state index is 13.1. The molecule has 1 unspecified atom stereocenters. The van der Waals surface area contributed by atoms with Crippen LogP contribution in [0.2, 0.25) is 5.02 Å². The standard InChI is InChI=1S/C14H14ClFN2O2/c15-10-6-9(3-4-11(10)16)7-17-8-13(19)18-5-1-2-12(18)14(17)20/h3-4,6,12H,1-2,5,7-8H2. The highest BCUT2D eigenvalue weighted by atomic mass is 35.5. The molecule has 2 saturated heterocycles.